The van der Waals surface area contributed by atoms with Gasteiger partial charge in [0, 0.05) is 20.0 Å². The molecular weight excluding hydrogens is 326 g/mol. The van der Waals surface area contributed by atoms with Gasteiger partial charge in [-0.3, -0.25) is 4.90 Å². The number of morpholine rings is 1. The second-order valence-corrected chi connectivity index (χ2v) is 5.93. The SMILES string of the molecule is CC1(OC(=O)c2ccccc2)CN(Cc2ccccc2)CCO1.Cl. The monoisotopic (exact) mass is 347 g/mol. The molecule has 0 radical (unpaired) electrons. The largest absolute Gasteiger partial charge is 0.428 e. The van der Waals surface area contributed by atoms with Gasteiger partial charge in [0.25, 0.3) is 0 Å². The third-order valence-corrected chi connectivity index (χ3v) is 3.89. The van der Waals surface area contributed by atoms with E-state index in [-0.39, 0.29) is 18.4 Å². The minimum atomic E-state index is -0.917. The van der Waals surface area contributed by atoms with Gasteiger partial charge in [-0.25, -0.2) is 4.79 Å². The molecule has 128 valence electrons. The molecule has 1 aliphatic rings. The molecule has 1 atom stereocenters. The summed E-state index contributed by atoms with van der Waals surface area (Å²) in [6, 6.07) is 19.3. The van der Waals surface area contributed by atoms with Crippen LogP contribution in [0.4, 0.5) is 0 Å². The lowest BCUT2D eigenvalue weighted by Gasteiger charge is -2.39. The summed E-state index contributed by atoms with van der Waals surface area (Å²) in [5, 5.41) is 0. The Bertz CT molecular complexity index is 650. The van der Waals surface area contributed by atoms with E-state index < -0.39 is 5.79 Å². The molecule has 0 amide bonds. The molecule has 0 saturated carbocycles. The highest BCUT2D eigenvalue weighted by Gasteiger charge is 2.36. The van der Waals surface area contributed by atoms with Crippen molar-refractivity contribution in [1.82, 2.24) is 4.90 Å². The Morgan fingerprint density at radius 3 is 2.42 bits per heavy atom. The standard InChI is InChI=1S/C19H21NO3.ClH/c1-19(23-18(21)17-10-6-3-7-11-17)15-20(12-13-22-19)14-16-8-4-2-5-9-16;/h2-11H,12-15H2,1H3;1H. The fourth-order valence-corrected chi connectivity index (χ4v) is 2.79. The van der Waals surface area contributed by atoms with Crippen molar-refractivity contribution in [2.24, 2.45) is 0 Å². The maximum absolute atomic E-state index is 12.3. The molecule has 5 heteroatoms. The van der Waals surface area contributed by atoms with Gasteiger partial charge >= 0.3 is 5.97 Å². The van der Waals surface area contributed by atoms with Crippen LogP contribution in [0.15, 0.2) is 60.7 Å². The van der Waals surface area contributed by atoms with E-state index in [9.17, 15) is 4.79 Å². The number of hydrogen-bond donors (Lipinski definition) is 0. The summed E-state index contributed by atoms with van der Waals surface area (Å²) in [6.45, 7) is 4.58. The number of hydrogen-bond acceptors (Lipinski definition) is 4. The summed E-state index contributed by atoms with van der Waals surface area (Å²) >= 11 is 0. The van der Waals surface area contributed by atoms with Crippen molar-refractivity contribution in [1.29, 1.82) is 0 Å². The fraction of sp³-hybridized carbons (Fsp3) is 0.316. The van der Waals surface area contributed by atoms with Crippen LogP contribution in [-0.2, 0) is 16.0 Å². The average molecular weight is 348 g/mol. The van der Waals surface area contributed by atoms with Crippen LogP contribution in [0.25, 0.3) is 0 Å². The molecule has 3 rings (SSSR count). The fourth-order valence-electron chi connectivity index (χ4n) is 2.79. The van der Waals surface area contributed by atoms with Gasteiger partial charge in [-0.2, -0.15) is 0 Å². The Balaban J connectivity index is 0.00000208. The Hall–Kier alpha value is -1.88. The van der Waals surface area contributed by atoms with Gasteiger partial charge in [0.2, 0.25) is 5.79 Å². The van der Waals surface area contributed by atoms with Crippen LogP contribution in [0.3, 0.4) is 0 Å². The number of nitrogens with zero attached hydrogens (tertiary/aromatic N) is 1. The van der Waals surface area contributed by atoms with Crippen LogP contribution in [-0.4, -0.2) is 36.4 Å². The molecular formula is C19H22ClNO3. The predicted molar refractivity (Wildman–Crippen MR) is 95.2 cm³/mol. The van der Waals surface area contributed by atoms with Gasteiger partial charge in [0.15, 0.2) is 0 Å². The number of benzene rings is 2. The van der Waals surface area contributed by atoms with Crippen LogP contribution >= 0.6 is 12.4 Å². The van der Waals surface area contributed by atoms with E-state index in [1.807, 2.05) is 43.3 Å². The zero-order valence-corrected chi connectivity index (χ0v) is 14.5. The van der Waals surface area contributed by atoms with Crippen molar-refractivity contribution in [2.45, 2.75) is 19.3 Å². The van der Waals surface area contributed by atoms with Crippen molar-refractivity contribution >= 4 is 18.4 Å². The summed E-state index contributed by atoms with van der Waals surface area (Å²) in [4.78, 5) is 14.5. The van der Waals surface area contributed by atoms with E-state index in [1.54, 1.807) is 12.1 Å². The number of carbonyl (C=O) groups is 1. The topological polar surface area (TPSA) is 38.8 Å². The zero-order chi connectivity index (χ0) is 16.1. The van der Waals surface area contributed by atoms with E-state index >= 15 is 0 Å². The lowest BCUT2D eigenvalue weighted by Crippen LogP contribution is -2.52. The zero-order valence-electron chi connectivity index (χ0n) is 13.7. The summed E-state index contributed by atoms with van der Waals surface area (Å²) in [5.41, 5.74) is 1.78. The van der Waals surface area contributed by atoms with Crippen molar-refractivity contribution in [3.63, 3.8) is 0 Å². The lowest BCUT2D eigenvalue weighted by molar-refractivity contribution is -0.227. The molecule has 0 aliphatic carbocycles. The normalized spacial score (nSPS) is 20.9. The first kappa shape index (κ1) is 18.5. The van der Waals surface area contributed by atoms with Gasteiger partial charge in [0.1, 0.15) is 0 Å². The Kier molecular flexibility index (Phi) is 6.37. The maximum Gasteiger partial charge on any atom is 0.340 e. The predicted octanol–water partition coefficient (Wildman–Crippen LogP) is 3.51. The van der Waals surface area contributed by atoms with Crippen LogP contribution in [0, 0.1) is 0 Å². The third kappa shape index (κ3) is 4.81. The third-order valence-electron chi connectivity index (χ3n) is 3.89. The highest BCUT2D eigenvalue weighted by atomic mass is 35.5. The van der Waals surface area contributed by atoms with Crippen LogP contribution in [0.5, 0.6) is 0 Å². The van der Waals surface area contributed by atoms with Crippen molar-refractivity contribution in [3.05, 3.63) is 71.8 Å². The highest BCUT2D eigenvalue weighted by molar-refractivity contribution is 5.89. The summed E-state index contributed by atoms with van der Waals surface area (Å²) in [7, 11) is 0. The molecule has 1 fully saturated rings. The summed E-state index contributed by atoms with van der Waals surface area (Å²) < 4.78 is 11.4. The first-order chi connectivity index (χ1) is 11.1. The smallest absolute Gasteiger partial charge is 0.340 e. The van der Waals surface area contributed by atoms with Gasteiger partial charge < -0.3 is 9.47 Å². The maximum atomic E-state index is 12.3. The molecule has 0 N–H and O–H groups in total. The molecule has 0 aromatic heterocycles. The number of carbonyl (C=O) groups excluding carboxylic acids is 1. The van der Waals surface area contributed by atoms with Crippen molar-refractivity contribution in [3.8, 4) is 0 Å². The summed E-state index contributed by atoms with van der Waals surface area (Å²) in [5.74, 6) is -1.27. The van der Waals surface area contributed by atoms with Crippen molar-refractivity contribution < 1.29 is 14.3 Å². The van der Waals surface area contributed by atoms with E-state index in [2.05, 4.69) is 17.0 Å². The molecule has 2 aromatic carbocycles. The van der Waals surface area contributed by atoms with Crippen molar-refractivity contribution in [2.75, 3.05) is 19.7 Å². The average Bonchev–Trinajstić information content (AvgIpc) is 2.56. The van der Waals surface area contributed by atoms with Gasteiger partial charge in [-0.15, -0.1) is 12.4 Å². The Morgan fingerprint density at radius 2 is 1.75 bits per heavy atom. The first-order valence-electron chi connectivity index (χ1n) is 7.83. The summed E-state index contributed by atoms with van der Waals surface area (Å²) in [6.07, 6.45) is 0. The minimum absolute atomic E-state index is 0. The van der Waals surface area contributed by atoms with E-state index in [0.717, 1.165) is 13.1 Å². The number of halogens is 1. The Morgan fingerprint density at radius 1 is 1.12 bits per heavy atom. The molecule has 0 bridgehead atoms. The first-order valence-corrected chi connectivity index (χ1v) is 7.83. The van der Waals surface area contributed by atoms with Crippen LogP contribution < -0.4 is 0 Å². The molecule has 1 aliphatic heterocycles. The number of esters is 1. The number of ether oxygens (including phenoxy) is 2. The van der Waals surface area contributed by atoms with E-state index in [0.29, 0.717) is 18.7 Å². The number of rotatable bonds is 4. The van der Waals surface area contributed by atoms with E-state index in [4.69, 9.17) is 9.47 Å². The molecule has 4 nitrogen and oxygen atoms in total. The molecule has 1 heterocycles. The molecule has 2 aromatic rings. The molecule has 0 spiro atoms. The van der Waals surface area contributed by atoms with Crippen LogP contribution in [0.2, 0.25) is 0 Å². The second kappa shape index (κ2) is 8.29. The highest BCUT2D eigenvalue weighted by Crippen LogP contribution is 2.22. The second-order valence-electron chi connectivity index (χ2n) is 5.93. The van der Waals surface area contributed by atoms with Gasteiger partial charge in [0.05, 0.1) is 18.7 Å². The quantitative estimate of drug-likeness (QED) is 0.793. The van der Waals surface area contributed by atoms with E-state index in [1.165, 1.54) is 5.56 Å². The lowest BCUT2D eigenvalue weighted by atomic mass is 10.1. The van der Waals surface area contributed by atoms with Gasteiger partial charge in [-0.05, 0) is 17.7 Å². The molecule has 1 saturated heterocycles. The van der Waals surface area contributed by atoms with Gasteiger partial charge in [-0.1, -0.05) is 48.5 Å². The Labute approximate surface area is 148 Å². The molecule has 1 unspecified atom stereocenters. The molecule has 24 heavy (non-hydrogen) atoms. The minimum Gasteiger partial charge on any atom is -0.428 e. The van der Waals surface area contributed by atoms with Crippen LogP contribution in [0.1, 0.15) is 22.8 Å².